The van der Waals surface area contributed by atoms with Crippen molar-refractivity contribution in [3.63, 3.8) is 0 Å². The number of likely N-dealkylation sites (tertiary alicyclic amines) is 1. The maximum Gasteiger partial charge on any atom is 0.258 e. The molecule has 3 heterocycles. The smallest absolute Gasteiger partial charge is 0.258 e. The van der Waals surface area contributed by atoms with Crippen LogP contribution in [0.15, 0.2) is 34.9 Å². The Hall–Kier alpha value is -2.29. The normalized spacial score (nSPS) is 20.2. The van der Waals surface area contributed by atoms with E-state index < -0.39 is 5.60 Å². The molecule has 8 heteroatoms. The number of hydrogen-bond acceptors (Lipinski definition) is 7. The van der Waals surface area contributed by atoms with E-state index >= 15 is 0 Å². The molecule has 0 atom stereocenters. The zero-order chi connectivity index (χ0) is 21.0. The predicted molar refractivity (Wildman–Crippen MR) is 111 cm³/mol. The lowest BCUT2D eigenvalue weighted by molar-refractivity contribution is -0.122. The third kappa shape index (κ3) is 4.40. The van der Waals surface area contributed by atoms with Crippen LogP contribution in [0.5, 0.6) is 0 Å². The summed E-state index contributed by atoms with van der Waals surface area (Å²) >= 11 is 0. The highest BCUT2D eigenvalue weighted by molar-refractivity contribution is 5.94. The fraction of sp³-hybridized carbons (Fsp3) is 0.591. The number of carbonyl (C=O) groups is 1. The lowest BCUT2D eigenvalue weighted by Gasteiger charge is -2.38. The van der Waals surface area contributed by atoms with Crippen molar-refractivity contribution in [2.75, 3.05) is 51.9 Å². The molecular weight excluding hydrogens is 384 g/mol. The Morgan fingerprint density at radius 2 is 1.93 bits per heavy atom. The van der Waals surface area contributed by atoms with Gasteiger partial charge < -0.3 is 18.9 Å². The quantitative estimate of drug-likeness (QED) is 0.719. The largest absolute Gasteiger partial charge is 0.381 e. The summed E-state index contributed by atoms with van der Waals surface area (Å²) in [6.45, 7) is 3.32. The van der Waals surface area contributed by atoms with E-state index in [2.05, 4.69) is 10.1 Å². The number of ether oxygens (including phenoxy) is 2. The van der Waals surface area contributed by atoms with Crippen LogP contribution >= 0.6 is 0 Å². The van der Waals surface area contributed by atoms with Crippen molar-refractivity contribution in [3.8, 4) is 0 Å². The Kier molecular flexibility index (Phi) is 6.46. The van der Waals surface area contributed by atoms with Gasteiger partial charge in [-0.15, -0.1) is 0 Å². The van der Waals surface area contributed by atoms with Crippen molar-refractivity contribution in [3.05, 3.63) is 42.0 Å². The van der Waals surface area contributed by atoms with Gasteiger partial charge in [-0.05, 0) is 37.8 Å². The lowest BCUT2D eigenvalue weighted by atomic mass is 9.90. The minimum Gasteiger partial charge on any atom is -0.381 e. The first-order chi connectivity index (χ1) is 14.6. The van der Waals surface area contributed by atoms with E-state index in [0.29, 0.717) is 25.3 Å². The number of anilines is 1. The molecule has 0 N–H and O–H groups in total. The van der Waals surface area contributed by atoms with Gasteiger partial charge in [-0.2, -0.15) is 4.98 Å². The van der Waals surface area contributed by atoms with Gasteiger partial charge in [-0.25, -0.2) is 0 Å². The van der Waals surface area contributed by atoms with E-state index in [4.69, 9.17) is 19.0 Å². The topological polar surface area (TPSA) is 80.9 Å². The lowest BCUT2D eigenvalue weighted by Crippen LogP contribution is -2.47. The average Bonchev–Trinajstić information content (AvgIpc) is 3.31. The van der Waals surface area contributed by atoms with Gasteiger partial charge in [0.25, 0.3) is 5.89 Å². The number of carbonyl (C=O) groups excluding carboxylic acids is 1. The number of amides is 1. The molecule has 2 fully saturated rings. The van der Waals surface area contributed by atoms with Gasteiger partial charge in [0.05, 0.1) is 6.54 Å². The third-order valence-corrected chi connectivity index (χ3v) is 6.35. The number of methoxy groups -OCH3 is 1. The standard InChI is InChI=1S/C22H30N4O4/c1-25(18-6-4-3-5-7-18)19(27)16-26-12-10-22(28-2,11-13-26)21-23-20(24-30-21)17-8-14-29-15-9-17/h3-7,17H,8-16H2,1-2H3. The second-order valence-electron chi connectivity index (χ2n) is 8.11. The van der Waals surface area contributed by atoms with Crippen molar-refractivity contribution in [2.45, 2.75) is 37.2 Å². The molecule has 2 aromatic rings. The molecule has 1 aromatic heterocycles. The number of piperidine rings is 1. The number of rotatable bonds is 6. The van der Waals surface area contributed by atoms with Crippen LogP contribution in [0.4, 0.5) is 5.69 Å². The van der Waals surface area contributed by atoms with Crippen LogP contribution < -0.4 is 4.90 Å². The van der Waals surface area contributed by atoms with Crippen molar-refractivity contribution >= 4 is 11.6 Å². The Bertz CT molecular complexity index is 827. The molecule has 4 rings (SSSR count). The molecule has 30 heavy (non-hydrogen) atoms. The van der Waals surface area contributed by atoms with Gasteiger partial charge in [-0.1, -0.05) is 23.4 Å². The van der Waals surface area contributed by atoms with E-state index in [1.807, 2.05) is 37.4 Å². The van der Waals surface area contributed by atoms with E-state index in [9.17, 15) is 4.79 Å². The predicted octanol–water partition coefficient (Wildman–Crippen LogP) is 2.56. The fourth-order valence-corrected chi connectivity index (χ4v) is 4.21. The molecule has 0 aliphatic carbocycles. The Morgan fingerprint density at radius 1 is 1.23 bits per heavy atom. The van der Waals surface area contributed by atoms with Crippen LogP contribution in [0, 0.1) is 0 Å². The van der Waals surface area contributed by atoms with Gasteiger partial charge in [-0.3, -0.25) is 9.69 Å². The Labute approximate surface area is 177 Å². The van der Waals surface area contributed by atoms with Crippen LogP contribution in [-0.4, -0.2) is 68.0 Å². The second kappa shape index (κ2) is 9.24. The van der Waals surface area contributed by atoms with E-state index in [-0.39, 0.29) is 11.8 Å². The molecule has 0 bridgehead atoms. The molecule has 162 valence electrons. The highest BCUT2D eigenvalue weighted by Gasteiger charge is 2.42. The average molecular weight is 415 g/mol. The molecular formula is C22H30N4O4. The maximum absolute atomic E-state index is 12.7. The van der Waals surface area contributed by atoms with Gasteiger partial charge in [0.2, 0.25) is 5.91 Å². The highest BCUT2D eigenvalue weighted by Crippen LogP contribution is 2.36. The van der Waals surface area contributed by atoms with Crippen molar-refractivity contribution in [1.82, 2.24) is 15.0 Å². The summed E-state index contributed by atoms with van der Waals surface area (Å²) in [5, 5.41) is 4.24. The van der Waals surface area contributed by atoms with Crippen LogP contribution in [0.1, 0.15) is 43.3 Å². The molecule has 0 saturated carbocycles. The summed E-state index contributed by atoms with van der Waals surface area (Å²) in [5.74, 6) is 1.67. The maximum atomic E-state index is 12.7. The molecule has 8 nitrogen and oxygen atoms in total. The number of hydrogen-bond donors (Lipinski definition) is 0. The Balaban J connectivity index is 1.36. The first kappa shape index (κ1) is 21.0. The van der Waals surface area contributed by atoms with Crippen molar-refractivity contribution in [1.29, 1.82) is 0 Å². The second-order valence-corrected chi connectivity index (χ2v) is 8.11. The monoisotopic (exact) mass is 414 g/mol. The fourth-order valence-electron chi connectivity index (χ4n) is 4.21. The summed E-state index contributed by atoms with van der Waals surface area (Å²) in [7, 11) is 3.51. The zero-order valence-corrected chi connectivity index (χ0v) is 17.7. The summed E-state index contributed by atoms with van der Waals surface area (Å²) in [6.07, 6.45) is 3.26. The SMILES string of the molecule is COC1(c2nc(C3CCOCC3)no2)CCN(CC(=O)N(C)c2ccccc2)CC1. The summed E-state index contributed by atoms with van der Waals surface area (Å²) in [5.41, 5.74) is 0.318. The molecule has 2 saturated heterocycles. The van der Waals surface area contributed by atoms with E-state index in [1.165, 1.54) is 0 Å². The number of nitrogens with zero attached hydrogens (tertiary/aromatic N) is 4. The van der Waals surface area contributed by atoms with Gasteiger partial charge in [0.1, 0.15) is 5.60 Å². The van der Waals surface area contributed by atoms with E-state index in [0.717, 1.165) is 50.7 Å². The Morgan fingerprint density at radius 3 is 2.60 bits per heavy atom. The highest BCUT2D eigenvalue weighted by atomic mass is 16.5. The molecule has 2 aliphatic rings. The van der Waals surface area contributed by atoms with Crippen LogP contribution in [0.2, 0.25) is 0 Å². The summed E-state index contributed by atoms with van der Waals surface area (Å²) in [6, 6.07) is 9.70. The zero-order valence-electron chi connectivity index (χ0n) is 17.7. The molecule has 0 unspecified atom stereocenters. The first-order valence-corrected chi connectivity index (χ1v) is 10.6. The van der Waals surface area contributed by atoms with Crippen LogP contribution in [-0.2, 0) is 19.9 Å². The molecule has 0 radical (unpaired) electrons. The van der Waals surface area contributed by atoms with Gasteiger partial charge in [0, 0.05) is 52.1 Å². The molecule has 2 aliphatic heterocycles. The van der Waals surface area contributed by atoms with Crippen molar-refractivity contribution in [2.24, 2.45) is 0 Å². The number of benzene rings is 1. The van der Waals surface area contributed by atoms with Gasteiger partial charge >= 0.3 is 0 Å². The molecule has 0 spiro atoms. The number of likely N-dealkylation sites (N-methyl/N-ethyl adjacent to an activating group) is 1. The van der Waals surface area contributed by atoms with Crippen molar-refractivity contribution < 1.29 is 18.8 Å². The van der Waals surface area contributed by atoms with Crippen LogP contribution in [0.25, 0.3) is 0 Å². The summed E-state index contributed by atoms with van der Waals surface area (Å²) in [4.78, 5) is 21.3. The first-order valence-electron chi connectivity index (χ1n) is 10.6. The molecule has 1 amide bonds. The minimum atomic E-state index is -0.582. The number of para-hydroxylation sites is 1. The summed E-state index contributed by atoms with van der Waals surface area (Å²) < 4.78 is 17.0. The number of aromatic nitrogens is 2. The molecule has 1 aromatic carbocycles. The van der Waals surface area contributed by atoms with E-state index in [1.54, 1.807) is 12.0 Å². The minimum absolute atomic E-state index is 0.0747. The third-order valence-electron chi connectivity index (χ3n) is 6.35. The van der Waals surface area contributed by atoms with Crippen LogP contribution in [0.3, 0.4) is 0 Å². The van der Waals surface area contributed by atoms with Gasteiger partial charge in [0.15, 0.2) is 5.82 Å².